The summed E-state index contributed by atoms with van der Waals surface area (Å²) in [7, 11) is -2.25. The highest BCUT2D eigenvalue weighted by atomic mass is 32.2. The highest BCUT2D eigenvalue weighted by Crippen LogP contribution is 1.97. The molecule has 3 N–H and O–H groups in total. The summed E-state index contributed by atoms with van der Waals surface area (Å²) < 4.78 is 26.0. The number of hydrogen-bond donors (Lipinski definition) is 2. The third-order valence-electron chi connectivity index (χ3n) is 1.41. The van der Waals surface area contributed by atoms with E-state index in [0.717, 1.165) is 4.31 Å². The molecule has 0 atom stereocenters. The van der Waals surface area contributed by atoms with E-state index in [1.807, 2.05) is 0 Å². The Kier molecular flexibility index (Phi) is 4.48. The van der Waals surface area contributed by atoms with Crippen molar-refractivity contribution < 1.29 is 8.42 Å². The minimum Gasteiger partial charge on any atom is -0.324 e. The fourth-order valence-electron chi connectivity index (χ4n) is 0.572. The first-order valence-electron chi connectivity index (χ1n) is 4.06. The fraction of sp³-hybridized carbons (Fsp3) is 0.857. The summed E-state index contributed by atoms with van der Waals surface area (Å²) in [5, 5.41) is 8.32. The lowest BCUT2D eigenvalue weighted by Crippen LogP contribution is -2.48. The van der Waals surface area contributed by atoms with E-state index >= 15 is 0 Å². The monoisotopic (exact) mass is 220 g/mol. The summed E-state index contributed by atoms with van der Waals surface area (Å²) in [6.45, 7) is 3.37. The van der Waals surface area contributed by atoms with Crippen LogP contribution in [0.4, 0.5) is 0 Å². The summed E-state index contributed by atoms with van der Waals surface area (Å²) >= 11 is 0. The topological polar surface area (TPSA) is 99.2 Å². The van der Waals surface area contributed by atoms with E-state index in [1.54, 1.807) is 19.9 Å². The molecule has 0 bridgehead atoms. The predicted octanol–water partition coefficient (Wildman–Crippen LogP) is -0.987. The second-order valence-electron chi connectivity index (χ2n) is 3.73. The van der Waals surface area contributed by atoms with Crippen LogP contribution in [0.2, 0.25) is 0 Å². The SMILES string of the molecule is CN(CC#N)S(=O)(=O)NCC(C)(C)N. The molecule has 0 aromatic heterocycles. The van der Waals surface area contributed by atoms with Gasteiger partial charge in [-0.15, -0.1) is 0 Å². The molecule has 0 heterocycles. The molecule has 0 saturated heterocycles. The molecular weight excluding hydrogens is 204 g/mol. The van der Waals surface area contributed by atoms with Crippen LogP contribution in [0.5, 0.6) is 0 Å². The number of hydrogen-bond acceptors (Lipinski definition) is 4. The third kappa shape index (κ3) is 5.14. The Morgan fingerprint density at radius 1 is 1.57 bits per heavy atom. The lowest BCUT2D eigenvalue weighted by Gasteiger charge is -2.21. The predicted molar refractivity (Wildman–Crippen MR) is 53.4 cm³/mol. The fourth-order valence-corrected chi connectivity index (χ4v) is 1.57. The maximum Gasteiger partial charge on any atom is 0.280 e. The van der Waals surface area contributed by atoms with Crippen LogP contribution in [-0.2, 0) is 10.2 Å². The molecule has 0 amide bonds. The zero-order valence-electron chi connectivity index (χ0n) is 8.61. The maximum absolute atomic E-state index is 11.4. The molecule has 0 fully saturated rings. The maximum atomic E-state index is 11.4. The van der Waals surface area contributed by atoms with Gasteiger partial charge >= 0.3 is 0 Å². The molecule has 14 heavy (non-hydrogen) atoms. The lowest BCUT2D eigenvalue weighted by molar-refractivity contribution is 0.458. The van der Waals surface area contributed by atoms with Crippen molar-refractivity contribution in [3.63, 3.8) is 0 Å². The Bertz CT molecular complexity index is 312. The zero-order chi connectivity index (χ0) is 11.4. The van der Waals surface area contributed by atoms with Crippen LogP contribution in [0.15, 0.2) is 0 Å². The van der Waals surface area contributed by atoms with Gasteiger partial charge in [0.1, 0.15) is 6.54 Å². The van der Waals surface area contributed by atoms with Crippen LogP contribution >= 0.6 is 0 Å². The van der Waals surface area contributed by atoms with Crippen molar-refractivity contribution in [2.75, 3.05) is 20.1 Å². The van der Waals surface area contributed by atoms with Gasteiger partial charge in [-0.25, -0.2) is 4.72 Å². The molecule has 0 rings (SSSR count). The molecule has 0 saturated carbocycles. The highest BCUT2D eigenvalue weighted by Gasteiger charge is 2.20. The highest BCUT2D eigenvalue weighted by molar-refractivity contribution is 7.87. The molecule has 0 aliphatic carbocycles. The van der Waals surface area contributed by atoms with Crippen molar-refractivity contribution in [2.24, 2.45) is 5.73 Å². The Morgan fingerprint density at radius 2 is 2.07 bits per heavy atom. The molecule has 6 nitrogen and oxygen atoms in total. The summed E-state index contributed by atoms with van der Waals surface area (Å²) in [5.41, 5.74) is 5.00. The summed E-state index contributed by atoms with van der Waals surface area (Å²) in [5.74, 6) is 0. The lowest BCUT2D eigenvalue weighted by atomic mass is 10.1. The Balaban J connectivity index is 4.31. The van der Waals surface area contributed by atoms with Gasteiger partial charge in [-0.3, -0.25) is 0 Å². The zero-order valence-corrected chi connectivity index (χ0v) is 9.43. The van der Waals surface area contributed by atoms with E-state index in [9.17, 15) is 8.42 Å². The summed E-state index contributed by atoms with van der Waals surface area (Å²) in [6, 6.07) is 1.75. The quantitative estimate of drug-likeness (QED) is 0.581. The van der Waals surface area contributed by atoms with Gasteiger partial charge in [-0.1, -0.05) is 0 Å². The number of nitrogens with two attached hydrogens (primary N) is 1. The molecule has 0 unspecified atom stereocenters. The van der Waals surface area contributed by atoms with Gasteiger partial charge in [0.2, 0.25) is 0 Å². The van der Waals surface area contributed by atoms with Gasteiger partial charge in [0.25, 0.3) is 10.2 Å². The van der Waals surface area contributed by atoms with Gasteiger partial charge in [-0.2, -0.15) is 18.0 Å². The minimum absolute atomic E-state index is 0.130. The molecule has 0 spiro atoms. The smallest absolute Gasteiger partial charge is 0.280 e. The van der Waals surface area contributed by atoms with Gasteiger partial charge in [-0.05, 0) is 13.8 Å². The molecule has 0 aromatic rings. The van der Waals surface area contributed by atoms with E-state index in [2.05, 4.69) is 4.72 Å². The van der Waals surface area contributed by atoms with E-state index in [1.165, 1.54) is 7.05 Å². The van der Waals surface area contributed by atoms with E-state index in [-0.39, 0.29) is 13.1 Å². The Morgan fingerprint density at radius 3 is 2.43 bits per heavy atom. The van der Waals surface area contributed by atoms with Gasteiger partial charge in [0.05, 0.1) is 6.07 Å². The second kappa shape index (κ2) is 4.70. The number of rotatable bonds is 5. The van der Waals surface area contributed by atoms with Crippen LogP contribution < -0.4 is 10.5 Å². The molecule has 82 valence electrons. The summed E-state index contributed by atoms with van der Waals surface area (Å²) in [4.78, 5) is 0. The van der Waals surface area contributed by atoms with Gasteiger partial charge in [0, 0.05) is 19.1 Å². The minimum atomic E-state index is -3.57. The Labute approximate surface area is 84.9 Å². The standard InChI is InChI=1S/C7H16N4O2S/c1-7(2,9)6-10-14(12,13)11(3)5-4-8/h10H,5-6,9H2,1-3H3. The molecular formula is C7H16N4O2S. The average molecular weight is 220 g/mol. The third-order valence-corrected chi connectivity index (χ3v) is 2.87. The number of nitriles is 1. The van der Waals surface area contributed by atoms with E-state index in [4.69, 9.17) is 11.0 Å². The van der Waals surface area contributed by atoms with E-state index < -0.39 is 15.7 Å². The van der Waals surface area contributed by atoms with Crippen LogP contribution in [0.1, 0.15) is 13.8 Å². The van der Waals surface area contributed by atoms with Crippen LogP contribution in [0, 0.1) is 11.3 Å². The van der Waals surface area contributed by atoms with Crippen molar-refractivity contribution in [1.82, 2.24) is 9.03 Å². The van der Waals surface area contributed by atoms with E-state index in [0.29, 0.717) is 0 Å². The van der Waals surface area contributed by atoms with Crippen LogP contribution in [-0.4, -0.2) is 38.4 Å². The first-order chi connectivity index (χ1) is 6.19. The summed E-state index contributed by atoms with van der Waals surface area (Å²) in [6.07, 6.45) is 0. The molecule has 0 aromatic carbocycles. The Hall–Kier alpha value is -0.680. The van der Waals surface area contributed by atoms with Gasteiger partial charge < -0.3 is 5.73 Å². The largest absolute Gasteiger partial charge is 0.324 e. The first-order valence-corrected chi connectivity index (χ1v) is 5.50. The van der Waals surface area contributed by atoms with Crippen molar-refractivity contribution in [3.8, 4) is 6.07 Å². The second-order valence-corrected chi connectivity index (χ2v) is 5.59. The average Bonchev–Trinajstić information content (AvgIpc) is 2.00. The molecule has 7 heteroatoms. The first kappa shape index (κ1) is 13.3. The van der Waals surface area contributed by atoms with Gasteiger partial charge in [0.15, 0.2) is 0 Å². The van der Waals surface area contributed by atoms with Crippen LogP contribution in [0.25, 0.3) is 0 Å². The van der Waals surface area contributed by atoms with Crippen molar-refractivity contribution in [2.45, 2.75) is 19.4 Å². The molecule has 0 aliphatic rings. The van der Waals surface area contributed by atoms with Crippen LogP contribution in [0.3, 0.4) is 0 Å². The van der Waals surface area contributed by atoms with Crippen molar-refractivity contribution in [1.29, 1.82) is 5.26 Å². The normalized spacial score (nSPS) is 12.9. The van der Waals surface area contributed by atoms with Crippen molar-refractivity contribution in [3.05, 3.63) is 0 Å². The number of nitrogens with zero attached hydrogens (tertiary/aromatic N) is 2. The number of nitrogens with one attached hydrogen (secondary N) is 1. The van der Waals surface area contributed by atoms with Crippen molar-refractivity contribution >= 4 is 10.2 Å². The molecule has 0 aliphatic heterocycles. The molecule has 0 radical (unpaired) electrons.